The second kappa shape index (κ2) is 10.9. The largest absolute Gasteiger partial charge is 0.524 e. The molecule has 0 fully saturated rings. The number of unbranched alkanes of at least 4 members (excludes halogenated alkanes) is 1. The first-order valence-corrected chi connectivity index (χ1v) is 11.5. The zero-order valence-corrected chi connectivity index (χ0v) is 18.6. The third-order valence-corrected chi connectivity index (χ3v) is 5.00. The fraction of sp³-hybridized carbons (Fsp3) is 0.286. The summed E-state index contributed by atoms with van der Waals surface area (Å²) in [4.78, 5) is 32.4. The maximum atomic E-state index is 11.6. The Labute approximate surface area is 188 Å². The van der Waals surface area contributed by atoms with Gasteiger partial charge in [0.25, 0.3) is 0 Å². The molecular weight excluding hydrogens is 453 g/mol. The van der Waals surface area contributed by atoms with Crippen LogP contribution < -0.4 is 19.6 Å². The third-order valence-electron chi connectivity index (χ3n) is 4.55. The third kappa shape index (κ3) is 7.27. The van der Waals surface area contributed by atoms with E-state index in [2.05, 4.69) is 14.5 Å². The summed E-state index contributed by atoms with van der Waals surface area (Å²) < 4.78 is 32.6. The maximum absolute atomic E-state index is 11.6. The number of nitrogens with zero attached hydrogens (tertiary/aromatic N) is 3. The molecule has 0 unspecified atom stereocenters. The molecule has 0 aliphatic heterocycles. The van der Waals surface area contributed by atoms with Crippen molar-refractivity contribution in [2.75, 3.05) is 13.2 Å². The second-order valence-corrected chi connectivity index (χ2v) is 8.22. The van der Waals surface area contributed by atoms with Crippen molar-refractivity contribution >= 4 is 18.8 Å². The van der Waals surface area contributed by atoms with E-state index >= 15 is 0 Å². The molecule has 3 aromatic rings. The number of phosphoric ester groups is 1. The molecule has 174 valence electrons. The topological polar surface area (TPSA) is 164 Å². The number of rotatable bonds is 11. The Morgan fingerprint density at radius 2 is 1.88 bits per heavy atom. The molecule has 2 N–H and O–H groups in total. The quantitative estimate of drug-likeness (QED) is 0.101. The Morgan fingerprint density at radius 1 is 1.09 bits per heavy atom. The van der Waals surface area contributed by atoms with Gasteiger partial charge in [-0.05, 0) is 55.1 Å². The van der Waals surface area contributed by atoms with Gasteiger partial charge < -0.3 is 18.4 Å². The Morgan fingerprint density at radius 3 is 2.64 bits per heavy atom. The van der Waals surface area contributed by atoms with E-state index < -0.39 is 13.4 Å². The van der Waals surface area contributed by atoms with Gasteiger partial charge in [0, 0.05) is 40.6 Å². The van der Waals surface area contributed by atoms with E-state index in [-0.39, 0.29) is 19.0 Å². The highest BCUT2D eigenvalue weighted by Crippen LogP contribution is 2.39. The summed E-state index contributed by atoms with van der Waals surface area (Å²) in [5, 5.41) is 4.25. The van der Waals surface area contributed by atoms with Crippen LogP contribution in [0, 0.1) is 6.92 Å². The van der Waals surface area contributed by atoms with Gasteiger partial charge in [0.2, 0.25) is 0 Å². The lowest BCUT2D eigenvalue weighted by molar-refractivity contribution is 0.271. The van der Waals surface area contributed by atoms with Gasteiger partial charge in [0.1, 0.15) is 29.4 Å². The number of aryl methyl sites for hydroxylation is 1. The molecular formula is C21H22N3O8P. The van der Waals surface area contributed by atoms with E-state index in [1.54, 1.807) is 24.3 Å². The number of fused-ring (bicyclic) bond motifs is 1. The monoisotopic (exact) mass is 475 g/mol. The minimum absolute atomic E-state index is 0.0564. The summed E-state index contributed by atoms with van der Waals surface area (Å²) in [5.74, 6) is 0.735. The van der Waals surface area contributed by atoms with Crippen molar-refractivity contribution < 1.29 is 32.8 Å². The fourth-order valence-electron chi connectivity index (χ4n) is 3.05. The summed E-state index contributed by atoms with van der Waals surface area (Å²) in [5.41, 5.74) is 9.67. The molecule has 0 atom stereocenters. The number of azide groups is 1. The average molecular weight is 475 g/mol. The first-order valence-electron chi connectivity index (χ1n) is 9.94. The van der Waals surface area contributed by atoms with Crippen LogP contribution in [0.15, 0.2) is 56.8 Å². The first-order chi connectivity index (χ1) is 15.7. The van der Waals surface area contributed by atoms with E-state index in [9.17, 15) is 9.36 Å². The van der Waals surface area contributed by atoms with Crippen LogP contribution in [0.1, 0.15) is 24.0 Å². The van der Waals surface area contributed by atoms with Gasteiger partial charge in [0.15, 0.2) is 0 Å². The molecule has 1 heterocycles. The summed E-state index contributed by atoms with van der Waals surface area (Å²) in [6.07, 6.45) is 1.22. The Hall–Kier alpha value is -3.49. The van der Waals surface area contributed by atoms with Crippen molar-refractivity contribution in [3.05, 3.63) is 74.5 Å². The van der Waals surface area contributed by atoms with Crippen molar-refractivity contribution in [1.29, 1.82) is 0 Å². The van der Waals surface area contributed by atoms with Gasteiger partial charge in [-0.25, -0.2) is 9.36 Å². The average Bonchev–Trinajstić information content (AvgIpc) is 2.74. The van der Waals surface area contributed by atoms with Crippen molar-refractivity contribution in [1.82, 2.24) is 0 Å². The van der Waals surface area contributed by atoms with Crippen LogP contribution in [0.2, 0.25) is 0 Å². The highest BCUT2D eigenvalue weighted by molar-refractivity contribution is 7.46. The molecule has 0 amide bonds. The van der Waals surface area contributed by atoms with E-state index in [0.717, 1.165) is 10.9 Å². The van der Waals surface area contributed by atoms with Gasteiger partial charge in [-0.1, -0.05) is 5.11 Å². The lowest BCUT2D eigenvalue weighted by atomic mass is 10.1. The van der Waals surface area contributed by atoms with Gasteiger partial charge in [0.05, 0.1) is 6.61 Å². The molecule has 33 heavy (non-hydrogen) atoms. The number of hydrogen-bond donors (Lipinski definition) is 2. The second-order valence-electron chi connectivity index (χ2n) is 7.06. The summed E-state index contributed by atoms with van der Waals surface area (Å²) in [6, 6.07) is 10.9. The lowest BCUT2D eigenvalue weighted by Crippen LogP contribution is -2.04. The van der Waals surface area contributed by atoms with Crippen molar-refractivity contribution in [3.63, 3.8) is 0 Å². The van der Waals surface area contributed by atoms with Gasteiger partial charge in [-0.2, -0.15) is 0 Å². The Kier molecular flexibility index (Phi) is 7.97. The van der Waals surface area contributed by atoms with Crippen LogP contribution >= 0.6 is 7.82 Å². The summed E-state index contributed by atoms with van der Waals surface area (Å²) in [6.45, 7) is 2.52. The predicted octanol–water partition coefficient (Wildman–Crippen LogP) is 4.62. The minimum atomic E-state index is -4.73. The molecule has 0 radical (unpaired) electrons. The fourth-order valence-corrected chi connectivity index (χ4v) is 3.44. The maximum Gasteiger partial charge on any atom is 0.524 e. The summed E-state index contributed by atoms with van der Waals surface area (Å²) in [7, 11) is -4.73. The van der Waals surface area contributed by atoms with Crippen molar-refractivity contribution in [2.24, 2.45) is 5.11 Å². The smallest absolute Gasteiger partial charge is 0.493 e. The number of benzene rings is 2. The number of ether oxygens (including phenoxy) is 2. The molecule has 2 aromatic carbocycles. The predicted molar refractivity (Wildman–Crippen MR) is 119 cm³/mol. The van der Waals surface area contributed by atoms with Gasteiger partial charge >= 0.3 is 13.4 Å². The van der Waals surface area contributed by atoms with Gasteiger partial charge in [-0.3, -0.25) is 9.79 Å². The van der Waals surface area contributed by atoms with Crippen LogP contribution in [0.3, 0.4) is 0 Å². The van der Waals surface area contributed by atoms with E-state index in [1.165, 1.54) is 18.2 Å². The van der Waals surface area contributed by atoms with Crippen LogP contribution in [-0.4, -0.2) is 22.9 Å². The molecule has 11 nitrogen and oxygen atoms in total. The molecule has 12 heteroatoms. The van der Waals surface area contributed by atoms with E-state index in [0.29, 0.717) is 42.0 Å². The van der Waals surface area contributed by atoms with Crippen LogP contribution in [0.5, 0.6) is 17.2 Å². The molecule has 1 aromatic heterocycles. The Balaban J connectivity index is 1.75. The Bertz CT molecular complexity index is 1280. The highest BCUT2D eigenvalue weighted by atomic mass is 31.2. The number of hydrogen-bond acceptors (Lipinski definition) is 7. The van der Waals surface area contributed by atoms with Crippen LogP contribution in [-0.2, 0) is 11.2 Å². The SMILES string of the molecule is Cc1cc(=O)oc2cc(OCc3ccc(OP(=O)(O)O)cc3OCCCCN=[N+]=[N-])ccc12. The van der Waals surface area contributed by atoms with Crippen LogP contribution in [0.25, 0.3) is 21.4 Å². The molecule has 0 saturated heterocycles. The minimum Gasteiger partial charge on any atom is -0.493 e. The van der Waals surface area contributed by atoms with Crippen LogP contribution in [0.4, 0.5) is 0 Å². The van der Waals surface area contributed by atoms with E-state index in [4.69, 9.17) is 29.2 Å². The first kappa shape index (κ1) is 24.2. The standard InChI is InChI=1S/C21H22N3O8P/c1-14-10-21(25)31-20-11-16(6-7-18(14)20)30-13-15-4-5-17(32-33(26,27)28)12-19(15)29-9-3-2-8-23-24-22/h4-7,10-12H,2-3,8-9,13H2,1H3,(H2,26,27,28). The summed E-state index contributed by atoms with van der Waals surface area (Å²) >= 11 is 0. The molecule has 0 saturated carbocycles. The zero-order chi connectivity index (χ0) is 23.8. The molecule has 3 rings (SSSR count). The zero-order valence-electron chi connectivity index (χ0n) is 17.7. The van der Waals surface area contributed by atoms with Gasteiger partial charge in [-0.15, -0.1) is 0 Å². The molecule has 0 aliphatic rings. The highest BCUT2D eigenvalue weighted by Gasteiger charge is 2.17. The van der Waals surface area contributed by atoms with E-state index in [1.807, 2.05) is 6.92 Å². The lowest BCUT2D eigenvalue weighted by Gasteiger charge is -2.15. The molecule has 0 spiro atoms. The van der Waals surface area contributed by atoms with Crippen molar-refractivity contribution in [3.8, 4) is 17.2 Å². The molecule has 0 bridgehead atoms. The number of phosphoric acid groups is 1. The normalized spacial score (nSPS) is 11.1. The molecule has 0 aliphatic carbocycles. The van der Waals surface area contributed by atoms with Crippen molar-refractivity contribution in [2.45, 2.75) is 26.4 Å².